The van der Waals surface area contributed by atoms with Gasteiger partial charge in [0.2, 0.25) is 0 Å². The first-order valence-corrected chi connectivity index (χ1v) is 7.56. The summed E-state index contributed by atoms with van der Waals surface area (Å²) in [6, 6.07) is 9.60. The Bertz CT molecular complexity index is 558. The third kappa shape index (κ3) is 3.81. The Kier molecular flexibility index (Phi) is 4.61. The number of carbonyl (C=O) groups is 1. The molecule has 5 heteroatoms. The van der Waals surface area contributed by atoms with Crippen LogP contribution >= 0.6 is 27.3 Å². The Balaban J connectivity index is 1.85. The van der Waals surface area contributed by atoms with Crippen LogP contribution in [0.1, 0.15) is 20.8 Å². The van der Waals surface area contributed by atoms with Gasteiger partial charge in [0.25, 0.3) is 5.91 Å². The van der Waals surface area contributed by atoms with E-state index in [4.69, 9.17) is 5.73 Å². The van der Waals surface area contributed by atoms with E-state index in [0.29, 0.717) is 6.54 Å². The maximum atomic E-state index is 11.9. The van der Waals surface area contributed by atoms with Gasteiger partial charge in [-0.1, -0.05) is 12.1 Å². The second-order valence-corrected chi connectivity index (χ2v) is 6.68. The van der Waals surface area contributed by atoms with Crippen molar-refractivity contribution < 1.29 is 4.79 Å². The molecule has 3 N–H and O–H groups in total. The molecule has 0 aliphatic rings. The molecule has 0 bridgehead atoms. The summed E-state index contributed by atoms with van der Waals surface area (Å²) in [4.78, 5) is 12.7. The maximum absolute atomic E-state index is 11.9. The van der Waals surface area contributed by atoms with Crippen molar-refractivity contribution in [3.8, 4) is 0 Å². The van der Waals surface area contributed by atoms with Crippen molar-refractivity contribution in [3.05, 3.63) is 50.1 Å². The zero-order chi connectivity index (χ0) is 13.8. The van der Waals surface area contributed by atoms with Gasteiger partial charge >= 0.3 is 0 Å². The quantitative estimate of drug-likeness (QED) is 0.839. The molecule has 1 amide bonds. The van der Waals surface area contributed by atoms with Crippen molar-refractivity contribution in [1.82, 2.24) is 5.32 Å². The molecule has 19 heavy (non-hydrogen) atoms. The van der Waals surface area contributed by atoms with E-state index < -0.39 is 0 Å². The van der Waals surface area contributed by atoms with E-state index in [1.54, 1.807) is 0 Å². The Hall–Kier alpha value is -1.33. The van der Waals surface area contributed by atoms with Crippen LogP contribution < -0.4 is 11.1 Å². The van der Waals surface area contributed by atoms with Gasteiger partial charge in [0.15, 0.2) is 0 Å². The number of rotatable bonds is 4. The summed E-state index contributed by atoms with van der Waals surface area (Å²) >= 11 is 4.88. The topological polar surface area (TPSA) is 55.1 Å². The molecule has 0 aliphatic heterocycles. The van der Waals surface area contributed by atoms with E-state index in [9.17, 15) is 4.79 Å². The second kappa shape index (κ2) is 6.21. The lowest BCUT2D eigenvalue weighted by Crippen LogP contribution is -2.24. The number of anilines is 1. The largest absolute Gasteiger partial charge is 0.399 e. The van der Waals surface area contributed by atoms with Gasteiger partial charge in [0.05, 0.1) is 8.66 Å². The van der Waals surface area contributed by atoms with Gasteiger partial charge in [0, 0.05) is 12.2 Å². The van der Waals surface area contributed by atoms with Crippen LogP contribution in [0.15, 0.2) is 34.1 Å². The first kappa shape index (κ1) is 14.1. The molecule has 0 unspecified atom stereocenters. The number of thiophene rings is 1. The third-order valence-corrected chi connectivity index (χ3v) is 4.90. The van der Waals surface area contributed by atoms with Crippen LogP contribution in [0, 0.1) is 6.92 Å². The lowest BCUT2D eigenvalue weighted by atomic mass is 10.1. The number of halogens is 1. The van der Waals surface area contributed by atoms with Gasteiger partial charge in [-0.3, -0.25) is 4.79 Å². The molecular weight excluding hydrogens is 324 g/mol. The standard InChI is InChI=1S/C14H15BrN2OS/c1-9-8-12(19-13(9)15)14(18)17-7-6-10-2-4-11(16)5-3-10/h2-5,8H,6-7,16H2,1H3,(H,17,18). The summed E-state index contributed by atoms with van der Waals surface area (Å²) in [7, 11) is 0. The molecule has 0 atom stereocenters. The molecule has 2 rings (SSSR count). The fourth-order valence-corrected chi connectivity index (χ4v) is 3.11. The number of hydrogen-bond donors (Lipinski definition) is 2. The Morgan fingerprint density at radius 2 is 2.05 bits per heavy atom. The molecule has 1 heterocycles. The first-order chi connectivity index (χ1) is 9.06. The van der Waals surface area contributed by atoms with Gasteiger partial charge in [-0.05, 0) is 58.6 Å². The average molecular weight is 339 g/mol. The molecule has 0 fully saturated rings. The van der Waals surface area contributed by atoms with Crippen LogP contribution in [-0.4, -0.2) is 12.5 Å². The lowest BCUT2D eigenvalue weighted by Gasteiger charge is -2.04. The minimum absolute atomic E-state index is 0.0192. The molecule has 0 saturated heterocycles. The number of amides is 1. The van der Waals surface area contributed by atoms with Crippen molar-refractivity contribution in [2.45, 2.75) is 13.3 Å². The summed E-state index contributed by atoms with van der Waals surface area (Å²) in [6.45, 7) is 2.60. The number of hydrogen-bond acceptors (Lipinski definition) is 3. The number of nitrogens with one attached hydrogen (secondary N) is 1. The highest BCUT2D eigenvalue weighted by atomic mass is 79.9. The van der Waals surface area contributed by atoms with E-state index in [2.05, 4.69) is 21.2 Å². The maximum Gasteiger partial charge on any atom is 0.261 e. The van der Waals surface area contributed by atoms with E-state index in [1.165, 1.54) is 11.3 Å². The highest BCUT2D eigenvalue weighted by molar-refractivity contribution is 9.11. The van der Waals surface area contributed by atoms with Crippen molar-refractivity contribution >= 4 is 38.9 Å². The fourth-order valence-electron chi connectivity index (χ4n) is 1.66. The Labute approximate surface area is 125 Å². The fraction of sp³-hybridized carbons (Fsp3) is 0.214. The molecule has 1 aromatic carbocycles. The molecule has 1 aromatic heterocycles. The van der Waals surface area contributed by atoms with Gasteiger partial charge in [-0.15, -0.1) is 11.3 Å². The van der Waals surface area contributed by atoms with Gasteiger partial charge < -0.3 is 11.1 Å². The molecular formula is C14H15BrN2OS. The number of nitrogen functional groups attached to an aromatic ring is 1. The molecule has 0 aliphatic carbocycles. The predicted octanol–water partition coefficient (Wildman–Crippen LogP) is 3.37. The Morgan fingerprint density at radius 1 is 1.37 bits per heavy atom. The molecule has 100 valence electrons. The van der Waals surface area contributed by atoms with E-state index in [1.807, 2.05) is 37.3 Å². The molecule has 0 saturated carbocycles. The average Bonchev–Trinajstić information content (AvgIpc) is 2.72. The zero-order valence-electron chi connectivity index (χ0n) is 10.6. The van der Waals surface area contributed by atoms with Gasteiger partial charge in [-0.2, -0.15) is 0 Å². The summed E-state index contributed by atoms with van der Waals surface area (Å²) in [6.07, 6.45) is 0.803. The molecule has 3 nitrogen and oxygen atoms in total. The van der Waals surface area contributed by atoms with Crippen LogP contribution in [0.2, 0.25) is 0 Å². The molecule has 0 radical (unpaired) electrons. The van der Waals surface area contributed by atoms with Crippen LogP contribution in [0.25, 0.3) is 0 Å². The SMILES string of the molecule is Cc1cc(C(=O)NCCc2ccc(N)cc2)sc1Br. The summed E-state index contributed by atoms with van der Waals surface area (Å²) in [5.74, 6) is -0.0192. The summed E-state index contributed by atoms with van der Waals surface area (Å²) < 4.78 is 1.01. The number of aryl methyl sites for hydroxylation is 1. The van der Waals surface area contributed by atoms with E-state index >= 15 is 0 Å². The first-order valence-electron chi connectivity index (χ1n) is 5.95. The van der Waals surface area contributed by atoms with Gasteiger partial charge in [-0.25, -0.2) is 0 Å². The van der Waals surface area contributed by atoms with E-state index in [0.717, 1.165) is 31.9 Å². The monoisotopic (exact) mass is 338 g/mol. The van der Waals surface area contributed by atoms with E-state index in [-0.39, 0.29) is 5.91 Å². The van der Waals surface area contributed by atoms with Crippen molar-refractivity contribution in [2.24, 2.45) is 0 Å². The molecule has 0 spiro atoms. The van der Waals surface area contributed by atoms with Crippen LogP contribution in [0.3, 0.4) is 0 Å². The van der Waals surface area contributed by atoms with Crippen LogP contribution in [-0.2, 0) is 6.42 Å². The number of benzene rings is 1. The predicted molar refractivity (Wildman–Crippen MR) is 83.6 cm³/mol. The molecule has 2 aromatic rings. The van der Waals surface area contributed by atoms with Crippen LogP contribution in [0.5, 0.6) is 0 Å². The van der Waals surface area contributed by atoms with Gasteiger partial charge in [0.1, 0.15) is 0 Å². The smallest absolute Gasteiger partial charge is 0.261 e. The van der Waals surface area contributed by atoms with Crippen molar-refractivity contribution in [1.29, 1.82) is 0 Å². The highest BCUT2D eigenvalue weighted by Crippen LogP contribution is 2.27. The minimum Gasteiger partial charge on any atom is -0.399 e. The van der Waals surface area contributed by atoms with Crippen molar-refractivity contribution in [2.75, 3.05) is 12.3 Å². The number of nitrogens with two attached hydrogens (primary N) is 1. The lowest BCUT2D eigenvalue weighted by molar-refractivity contribution is 0.0958. The third-order valence-electron chi connectivity index (χ3n) is 2.76. The minimum atomic E-state index is -0.0192. The van der Waals surface area contributed by atoms with Crippen molar-refractivity contribution in [3.63, 3.8) is 0 Å². The second-order valence-electron chi connectivity index (χ2n) is 4.31. The zero-order valence-corrected chi connectivity index (χ0v) is 13.0. The summed E-state index contributed by atoms with van der Waals surface area (Å²) in [5.41, 5.74) is 8.64. The highest BCUT2D eigenvalue weighted by Gasteiger charge is 2.10. The Morgan fingerprint density at radius 3 is 2.63 bits per heavy atom. The summed E-state index contributed by atoms with van der Waals surface area (Å²) in [5, 5.41) is 2.92. The number of carbonyl (C=O) groups excluding carboxylic acids is 1. The normalized spacial score (nSPS) is 10.4. The van der Waals surface area contributed by atoms with Crippen LogP contribution in [0.4, 0.5) is 5.69 Å².